The normalized spacial score (nSPS) is 25.2. The summed E-state index contributed by atoms with van der Waals surface area (Å²) in [6.45, 7) is 6.24. The number of carboxylic acids is 1. The highest BCUT2D eigenvalue weighted by molar-refractivity contribution is 5.66. The van der Waals surface area contributed by atoms with Gasteiger partial charge in [0.2, 0.25) is 0 Å². The molecule has 25 heavy (non-hydrogen) atoms. The molecule has 4 nitrogen and oxygen atoms in total. The number of carboxylic acid groups (broad SMARTS) is 1. The van der Waals surface area contributed by atoms with Gasteiger partial charge in [-0.05, 0) is 38.0 Å². The molecule has 1 rings (SSSR count). The maximum absolute atomic E-state index is 10.5. The van der Waals surface area contributed by atoms with Gasteiger partial charge >= 0.3 is 5.97 Å². The van der Waals surface area contributed by atoms with Crippen LogP contribution in [-0.4, -0.2) is 33.5 Å². The highest BCUT2D eigenvalue weighted by Gasteiger charge is 2.35. The average molecular weight is 350 g/mol. The fourth-order valence-corrected chi connectivity index (χ4v) is 3.37. The molecule has 4 atom stereocenters. The van der Waals surface area contributed by atoms with Gasteiger partial charge in [0.1, 0.15) is 0 Å². The Labute approximate surface area is 152 Å². The highest BCUT2D eigenvalue weighted by Crippen LogP contribution is 2.39. The minimum Gasteiger partial charge on any atom is -0.481 e. The van der Waals surface area contributed by atoms with E-state index in [9.17, 15) is 15.0 Å². The number of allylic oxidation sites excluding steroid dienone is 2. The van der Waals surface area contributed by atoms with E-state index in [0.717, 1.165) is 44.1 Å². The molecule has 3 N–H and O–H groups in total. The quantitative estimate of drug-likeness (QED) is 0.363. The zero-order valence-corrected chi connectivity index (χ0v) is 15.4. The summed E-state index contributed by atoms with van der Waals surface area (Å²) in [7, 11) is 0. The molecule has 1 saturated carbocycles. The Morgan fingerprint density at radius 1 is 1.32 bits per heavy atom. The van der Waals surface area contributed by atoms with Gasteiger partial charge in [0, 0.05) is 12.3 Å². The lowest BCUT2D eigenvalue weighted by Crippen LogP contribution is -2.17. The van der Waals surface area contributed by atoms with Crippen molar-refractivity contribution in [2.45, 2.75) is 76.9 Å². The predicted molar refractivity (Wildman–Crippen MR) is 101 cm³/mol. The molecule has 0 radical (unpaired) electrons. The highest BCUT2D eigenvalue weighted by atomic mass is 16.4. The number of aliphatic hydroxyl groups is 2. The van der Waals surface area contributed by atoms with Crippen LogP contribution in [0.5, 0.6) is 0 Å². The molecule has 0 aliphatic heterocycles. The van der Waals surface area contributed by atoms with Crippen molar-refractivity contribution in [1.82, 2.24) is 0 Å². The molecule has 4 heteroatoms. The molecular formula is C21H34O4. The largest absolute Gasteiger partial charge is 0.481 e. The van der Waals surface area contributed by atoms with E-state index in [1.807, 2.05) is 18.2 Å². The van der Waals surface area contributed by atoms with E-state index in [0.29, 0.717) is 12.8 Å². The van der Waals surface area contributed by atoms with E-state index in [2.05, 4.69) is 19.6 Å². The van der Waals surface area contributed by atoms with Gasteiger partial charge in [-0.2, -0.15) is 0 Å². The van der Waals surface area contributed by atoms with Crippen LogP contribution >= 0.6 is 0 Å². The Morgan fingerprint density at radius 2 is 2.08 bits per heavy atom. The zero-order chi connectivity index (χ0) is 18.7. The molecule has 0 aromatic carbocycles. The van der Waals surface area contributed by atoms with Crippen LogP contribution in [0.25, 0.3) is 0 Å². The smallest absolute Gasteiger partial charge is 0.303 e. The predicted octanol–water partition coefficient (Wildman–Crippen LogP) is 4.24. The van der Waals surface area contributed by atoms with E-state index < -0.39 is 18.2 Å². The number of hydrogen-bond donors (Lipinski definition) is 3. The maximum atomic E-state index is 10.5. The van der Waals surface area contributed by atoms with Crippen LogP contribution in [0.3, 0.4) is 0 Å². The third-order valence-electron chi connectivity index (χ3n) is 4.88. The lowest BCUT2D eigenvalue weighted by Gasteiger charge is -2.18. The number of unbranched alkanes of at least 4 members (excludes halogenated alkanes) is 3. The third-order valence-corrected chi connectivity index (χ3v) is 4.88. The summed E-state index contributed by atoms with van der Waals surface area (Å²) < 4.78 is 0. The van der Waals surface area contributed by atoms with Crippen LogP contribution < -0.4 is 0 Å². The minimum absolute atomic E-state index is 0.00278. The first kappa shape index (κ1) is 21.7. The fourth-order valence-electron chi connectivity index (χ4n) is 3.37. The van der Waals surface area contributed by atoms with Crippen molar-refractivity contribution in [2.75, 3.05) is 0 Å². The summed E-state index contributed by atoms with van der Waals surface area (Å²) in [6.07, 6.45) is 14.0. The second-order valence-electron chi connectivity index (χ2n) is 7.05. The third kappa shape index (κ3) is 8.50. The molecular weight excluding hydrogens is 316 g/mol. The Kier molecular flexibility index (Phi) is 10.4. The molecule has 1 fully saturated rings. The number of hydrogen-bond acceptors (Lipinski definition) is 3. The topological polar surface area (TPSA) is 77.8 Å². The van der Waals surface area contributed by atoms with Gasteiger partial charge in [-0.15, -0.1) is 0 Å². The Hall–Kier alpha value is -1.39. The van der Waals surface area contributed by atoms with Gasteiger partial charge in [0.15, 0.2) is 0 Å². The monoisotopic (exact) mass is 350 g/mol. The Balaban J connectivity index is 2.48. The first-order valence-corrected chi connectivity index (χ1v) is 9.54. The number of aliphatic hydroxyl groups excluding tert-OH is 2. The van der Waals surface area contributed by atoms with Gasteiger partial charge in [-0.1, -0.05) is 62.6 Å². The standard InChI is InChI=1S/C21H34O4/c1-3-4-7-10-17(22)13-14-19-18(16(2)15-20(19)23)11-8-5-6-9-12-21(24)25/h5,8,13-14,17-20,22-23H,2-4,6-7,9-12,15H2,1H3,(H,24,25)/b8-5-,14-13+/t17-,18+,19-,20+/m1/s1. The van der Waals surface area contributed by atoms with Crippen LogP contribution in [0.2, 0.25) is 0 Å². The van der Waals surface area contributed by atoms with Crippen molar-refractivity contribution < 1.29 is 20.1 Å². The van der Waals surface area contributed by atoms with Crippen molar-refractivity contribution in [2.24, 2.45) is 11.8 Å². The molecule has 0 unspecified atom stereocenters. The Bertz CT molecular complexity index is 467. The Morgan fingerprint density at radius 3 is 2.76 bits per heavy atom. The summed E-state index contributed by atoms with van der Waals surface area (Å²) in [5.41, 5.74) is 1.05. The minimum atomic E-state index is -0.761. The van der Waals surface area contributed by atoms with Crippen LogP contribution in [0.4, 0.5) is 0 Å². The fraction of sp³-hybridized carbons (Fsp3) is 0.667. The van der Waals surface area contributed by atoms with E-state index in [-0.39, 0.29) is 18.3 Å². The zero-order valence-electron chi connectivity index (χ0n) is 15.4. The van der Waals surface area contributed by atoms with Gasteiger partial charge in [0.05, 0.1) is 12.2 Å². The summed E-state index contributed by atoms with van der Waals surface area (Å²) in [4.78, 5) is 10.5. The van der Waals surface area contributed by atoms with Gasteiger partial charge in [-0.25, -0.2) is 0 Å². The van der Waals surface area contributed by atoms with Crippen LogP contribution in [0, 0.1) is 11.8 Å². The molecule has 0 amide bonds. The van der Waals surface area contributed by atoms with Crippen molar-refractivity contribution >= 4 is 5.97 Å². The summed E-state index contributed by atoms with van der Waals surface area (Å²) in [5.74, 6) is -0.579. The summed E-state index contributed by atoms with van der Waals surface area (Å²) >= 11 is 0. The van der Waals surface area contributed by atoms with Crippen LogP contribution in [-0.2, 0) is 4.79 Å². The van der Waals surface area contributed by atoms with Crippen molar-refractivity contribution in [3.63, 3.8) is 0 Å². The SMILES string of the molecule is C=C1C[C@H](O)[C@H](/C=C/[C@H](O)CCCCC)[C@H]1C/C=C\CCCC(=O)O. The van der Waals surface area contributed by atoms with E-state index in [1.165, 1.54) is 0 Å². The van der Waals surface area contributed by atoms with Crippen molar-refractivity contribution in [3.8, 4) is 0 Å². The first-order valence-electron chi connectivity index (χ1n) is 9.54. The van der Waals surface area contributed by atoms with Crippen molar-refractivity contribution in [3.05, 3.63) is 36.5 Å². The first-order chi connectivity index (χ1) is 12.0. The molecule has 142 valence electrons. The van der Waals surface area contributed by atoms with E-state index in [1.54, 1.807) is 0 Å². The number of carbonyl (C=O) groups is 1. The molecule has 0 heterocycles. The lowest BCUT2D eigenvalue weighted by molar-refractivity contribution is -0.137. The molecule has 0 saturated heterocycles. The van der Waals surface area contributed by atoms with E-state index in [4.69, 9.17) is 5.11 Å². The number of aliphatic carboxylic acids is 1. The second kappa shape index (κ2) is 12.0. The van der Waals surface area contributed by atoms with Crippen LogP contribution in [0.1, 0.15) is 64.7 Å². The van der Waals surface area contributed by atoms with Gasteiger partial charge < -0.3 is 15.3 Å². The molecule has 0 aromatic rings. The van der Waals surface area contributed by atoms with E-state index >= 15 is 0 Å². The molecule has 1 aliphatic carbocycles. The summed E-state index contributed by atoms with van der Waals surface area (Å²) in [5, 5.41) is 28.9. The average Bonchev–Trinajstić information content (AvgIpc) is 2.82. The lowest BCUT2D eigenvalue weighted by atomic mass is 9.89. The molecule has 0 spiro atoms. The molecule has 1 aliphatic rings. The molecule has 0 aromatic heterocycles. The van der Waals surface area contributed by atoms with Crippen molar-refractivity contribution in [1.29, 1.82) is 0 Å². The number of rotatable bonds is 12. The second-order valence-corrected chi connectivity index (χ2v) is 7.05. The maximum Gasteiger partial charge on any atom is 0.303 e. The summed E-state index contributed by atoms with van der Waals surface area (Å²) in [6, 6.07) is 0. The molecule has 0 bridgehead atoms. The van der Waals surface area contributed by atoms with Crippen LogP contribution in [0.15, 0.2) is 36.5 Å². The van der Waals surface area contributed by atoms with Gasteiger partial charge in [-0.3, -0.25) is 4.79 Å². The van der Waals surface area contributed by atoms with Gasteiger partial charge in [0.25, 0.3) is 0 Å².